The Morgan fingerprint density at radius 3 is 3.06 bits per heavy atom. The van der Waals surface area contributed by atoms with Crippen LogP contribution in [0.25, 0.3) is 22.1 Å². The summed E-state index contributed by atoms with van der Waals surface area (Å²) in [5.74, 6) is -0.492. The third kappa shape index (κ3) is 1.04. The summed E-state index contributed by atoms with van der Waals surface area (Å²) in [6.45, 7) is 0. The standard InChI is InChI=1S/C10H9N5O/c1-15-4-13-7-3-12-10-5(8(7)15)2-6(14-10)9(11)16/h2-4H,1H3,(H2,11,16)(H,12,14). The Labute approximate surface area is 90.1 Å². The third-order valence-electron chi connectivity index (χ3n) is 2.60. The van der Waals surface area contributed by atoms with E-state index in [4.69, 9.17) is 5.73 Å². The second-order valence-electron chi connectivity index (χ2n) is 3.66. The molecular weight excluding hydrogens is 206 g/mol. The Morgan fingerprint density at radius 1 is 1.50 bits per heavy atom. The summed E-state index contributed by atoms with van der Waals surface area (Å²) < 4.78 is 1.89. The molecule has 0 bridgehead atoms. The molecule has 3 heterocycles. The van der Waals surface area contributed by atoms with Gasteiger partial charge in [0, 0.05) is 12.4 Å². The van der Waals surface area contributed by atoms with Crippen molar-refractivity contribution >= 4 is 28.0 Å². The van der Waals surface area contributed by atoms with E-state index in [1.54, 1.807) is 18.6 Å². The van der Waals surface area contributed by atoms with Crippen LogP contribution in [0.2, 0.25) is 0 Å². The minimum Gasteiger partial charge on any atom is -0.364 e. The zero-order valence-corrected chi connectivity index (χ0v) is 8.56. The van der Waals surface area contributed by atoms with Crippen molar-refractivity contribution in [1.82, 2.24) is 19.5 Å². The van der Waals surface area contributed by atoms with Gasteiger partial charge in [-0.3, -0.25) is 4.79 Å². The highest BCUT2D eigenvalue weighted by atomic mass is 16.1. The molecule has 3 rings (SSSR count). The van der Waals surface area contributed by atoms with Gasteiger partial charge in [-0.2, -0.15) is 0 Å². The number of imidazole rings is 1. The lowest BCUT2D eigenvalue weighted by Crippen LogP contribution is -2.10. The lowest BCUT2D eigenvalue weighted by Gasteiger charge is -1.94. The summed E-state index contributed by atoms with van der Waals surface area (Å²) in [6.07, 6.45) is 3.38. The fourth-order valence-corrected chi connectivity index (χ4v) is 1.86. The molecule has 0 atom stereocenters. The van der Waals surface area contributed by atoms with Crippen LogP contribution < -0.4 is 5.73 Å². The molecule has 3 N–H and O–H groups in total. The minimum atomic E-state index is -0.492. The zero-order valence-electron chi connectivity index (χ0n) is 8.56. The topological polar surface area (TPSA) is 89.6 Å². The van der Waals surface area contributed by atoms with Gasteiger partial charge < -0.3 is 15.3 Å². The normalized spacial score (nSPS) is 11.3. The van der Waals surface area contributed by atoms with Crippen LogP contribution in [0, 0.1) is 0 Å². The molecule has 6 heteroatoms. The Morgan fingerprint density at radius 2 is 2.31 bits per heavy atom. The molecule has 0 spiro atoms. The van der Waals surface area contributed by atoms with Gasteiger partial charge in [0.05, 0.1) is 18.0 Å². The largest absolute Gasteiger partial charge is 0.364 e. The zero-order chi connectivity index (χ0) is 11.3. The maximum absolute atomic E-state index is 11.1. The van der Waals surface area contributed by atoms with E-state index in [1.807, 2.05) is 11.6 Å². The molecule has 0 aliphatic heterocycles. The summed E-state index contributed by atoms with van der Waals surface area (Å²) in [5.41, 5.74) is 7.95. The molecule has 0 aromatic carbocycles. The predicted octanol–water partition coefficient (Wildman–Crippen LogP) is 0.548. The Kier molecular flexibility index (Phi) is 1.57. The minimum absolute atomic E-state index is 0.358. The monoisotopic (exact) mass is 215 g/mol. The van der Waals surface area contributed by atoms with E-state index < -0.39 is 5.91 Å². The fraction of sp³-hybridized carbons (Fsp3) is 0.100. The number of rotatable bonds is 1. The summed E-state index contributed by atoms with van der Waals surface area (Å²) >= 11 is 0. The van der Waals surface area contributed by atoms with Crippen molar-refractivity contribution in [2.24, 2.45) is 12.8 Å². The maximum Gasteiger partial charge on any atom is 0.265 e. The summed E-state index contributed by atoms with van der Waals surface area (Å²) in [6, 6.07) is 1.70. The number of hydrogen-bond acceptors (Lipinski definition) is 3. The first-order chi connectivity index (χ1) is 7.66. The summed E-state index contributed by atoms with van der Waals surface area (Å²) in [4.78, 5) is 22.3. The van der Waals surface area contributed by atoms with Gasteiger partial charge in [-0.05, 0) is 6.07 Å². The van der Waals surface area contributed by atoms with Gasteiger partial charge >= 0.3 is 0 Å². The molecule has 1 amide bonds. The summed E-state index contributed by atoms with van der Waals surface area (Å²) in [7, 11) is 1.89. The van der Waals surface area contributed by atoms with Crippen molar-refractivity contribution in [2.45, 2.75) is 0 Å². The number of hydrogen-bond donors (Lipinski definition) is 2. The number of primary amides is 1. The SMILES string of the molecule is Cn1cnc2cnc3[nH]c(C(N)=O)cc3c21. The van der Waals surface area contributed by atoms with E-state index in [0.717, 1.165) is 16.4 Å². The van der Waals surface area contributed by atoms with Crippen LogP contribution >= 0.6 is 0 Å². The highest BCUT2D eigenvalue weighted by Gasteiger charge is 2.11. The number of nitrogens with one attached hydrogen (secondary N) is 1. The number of amides is 1. The molecule has 0 saturated carbocycles. The highest BCUT2D eigenvalue weighted by molar-refractivity contribution is 6.05. The molecule has 0 aliphatic rings. The van der Waals surface area contributed by atoms with Crippen molar-refractivity contribution in [1.29, 1.82) is 0 Å². The molecule has 80 valence electrons. The average molecular weight is 215 g/mol. The van der Waals surface area contributed by atoms with Crippen molar-refractivity contribution in [2.75, 3.05) is 0 Å². The van der Waals surface area contributed by atoms with Gasteiger partial charge in [0.2, 0.25) is 0 Å². The Bertz CT molecular complexity index is 708. The van der Waals surface area contributed by atoms with Crippen molar-refractivity contribution in [3.63, 3.8) is 0 Å². The predicted molar refractivity (Wildman–Crippen MR) is 58.9 cm³/mol. The van der Waals surface area contributed by atoms with Crippen LogP contribution in [0.5, 0.6) is 0 Å². The smallest absolute Gasteiger partial charge is 0.265 e. The maximum atomic E-state index is 11.1. The molecule has 3 aromatic rings. The molecule has 0 fully saturated rings. The van der Waals surface area contributed by atoms with Gasteiger partial charge in [-0.1, -0.05) is 0 Å². The molecule has 0 saturated heterocycles. The Balaban J connectivity index is 2.49. The van der Waals surface area contributed by atoms with Crippen LogP contribution in [-0.4, -0.2) is 25.4 Å². The van der Waals surface area contributed by atoms with Gasteiger partial charge in [0.15, 0.2) is 0 Å². The molecule has 16 heavy (non-hydrogen) atoms. The number of aromatic amines is 1. The van der Waals surface area contributed by atoms with Gasteiger partial charge in [0.25, 0.3) is 5.91 Å². The lowest BCUT2D eigenvalue weighted by molar-refractivity contribution is 0.0996. The van der Waals surface area contributed by atoms with E-state index >= 15 is 0 Å². The van der Waals surface area contributed by atoms with Gasteiger partial charge in [-0.25, -0.2) is 9.97 Å². The van der Waals surface area contributed by atoms with Gasteiger partial charge in [0.1, 0.15) is 16.9 Å². The van der Waals surface area contributed by atoms with Crippen LogP contribution in [0.3, 0.4) is 0 Å². The number of nitrogens with two attached hydrogens (primary N) is 1. The van der Waals surface area contributed by atoms with E-state index in [-0.39, 0.29) is 0 Å². The van der Waals surface area contributed by atoms with Crippen LogP contribution in [0.1, 0.15) is 10.5 Å². The first-order valence-corrected chi connectivity index (χ1v) is 4.75. The lowest BCUT2D eigenvalue weighted by atomic mass is 10.3. The average Bonchev–Trinajstić information content (AvgIpc) is 2.81. The number of carbonyl (C=O) groups is 1. The molecule has 0 radical (unpaired) electrons. The molecule has 6 nitrogen and oxygen atoms in total. The Hall–Kier alpha value is -2.37. The number of nitrogens with zero attached hydrogens (tertiary/aromatic N) is 3. The molecule has 3 aromatic heterocycles. The number of fused-ring (bicyclic) bond motifs is 3. The second-order valence-corrected chi connectivity index (χ2v) is 3.66. The number of H-pyrrole nitrogens is 1. The number of aryl methyl sites for hydroxylation is 1. The van der Waals surface area contributed by atoms with E-state index in [9.17, 15) is 4.79 Å². The quantitative estimate of drug-likeness (QED) is 0.621. The molecular formula is C10H9N5O. The number of pyridine rings is 1. The second kappa shape index (κ2) is 2.82. The summed E-state index contributed by atoms with van der Waals surface area (Å²) in [5, 5.41) is 0.853. The first-order valence-electron chi connectivity index (χ1n) is 4.75. The molecule has 0 unspecified atom stereocenters. The number of aromatic nitrogens is 4. The first kappa shape index (κ1) is 8.90. The van der Waals surface area contributed by atoms with Crippen LogP contribution in [0.4, 0.5) is 0 Å². The van der Waals surface area contributed by atoms with Gasteiger partial charge in [-0.15, -0.1) is 0 Å². The third-order valence-corrected chi connectivity index (χ3v) is 2.60. The fourth-order valence-electron chi connectivity index (χ4n) is 1.86. The van der Waals surface area contributed by atoms with Crippen molar-refractivity contribution < 1.29 is 4.79 Å². The van der Waals surface area contributed by atoms with E-state index in [0.29, 0.717) is 11.3 Å². The molecule has 0 aliphatic carbocycles. The van der Waals surface area contributed by atoms with E-state index in [2.05, 4.69) is 15.0 Å². The highest BCUT2D eigenvalue weighted by Crippen LogP contribution is 2.22. The van der Waals surface area contributed by atoms with Crippen molar-refractivity contribution in [3.8, 4) is 0 Å². The number of carbonyl (C=O) groups excluding carboxylic acids is 1. The van der Waals surface area contributed by atoms with Crippen LogP contribution in [-0.2, 0) is 7.05 Å². The van der Waals surface area contributed by atoms with E-state index in [1.165, 1.54) is 0 Å². The van der Waals surface area contributed by atoms with Crippen molar-refractivity contribution in [3.05, 3.63) is 24.3 Å². The van der Waals surface area contributed by atoms with Crippen LogP contribution in [0.15, 0.2) is 18.6 Å².